The van der Waals surface area contributed by atoms with Crippen LogP contribution in [0.5, 0.6) is 5.75 Å². The van der Waals surface area contributed by atoms with Crippen molar-refractivity contribution < 1.29 is 9.66 Å². The zero-order chi connectivity index (χ0) is 11.3. The van der Waals surface area contributed by atoms with Crippen LogP contribution in [0.25, 0.3) is 0 Å². The van der Waals surface area contributed by atoms with Gasteiger partial charge in [-0.15, -0.1) is 0 Å². The van der Waals surface area contributed by atoms with E-state index in [0.29, 0.717) is 18.9 Å². The van der Waals surface area contributed by atoms with Gasteiger partial charge in [-0.3, -0.25) is 10.1 Å². The van der Waals surface area contributed by atoms with Crippen LogP contribution >= 0.6 is 0 Å². The number of benzene rings is 1. The van der Waals surface area contributed by atoms with E-state index in [1.807, 2.05) is 7.05 Å². The van der Waals surface area contributed by atoms with Crippen LogP contribution in [0.3, 0.4) is 0 Å². The SMILES string of the molecule is CCOc1cc(CNC)ccc1[N+](=O)[O-]. The first kappa shape index (κ1) is 11.5. The van der Waals surface area contributed by atoms with Crippen molar-refractivity contribution in [2.24, 2.45) is 0 Å². The molecule has 1 aromatic carbocycles. The molecule has 1 aromatic rings. The molecule has 0 aliphatic carbocycles. The Labute approximate surface area is 88.2 Å². The normalized spacial score (nSPS) is 10.0. The number of rotatable bonds is 5. The highest BCUT2D eigenvalue weighted by molar-refractivity contribution is 5.48. The van der Waals surface area contributed by atoms with E-state index in [0.717, 1.165) is 5.56 Å². The average molecular weight is 210 g/mol. The van der Waals surface area contributed by atoms with Crippen molar-refractivity contribution in [3.8, 4) is 5.75 Å². The number of nitrogens with one attached hydrogen (secondary N) is 1. The van der Waals surface area contributed by atoms with E-state index in [4.69, 9.17) is 4.74 Å². The summed E-state index contributed by atoms with van der Waals surface area (Å²) >= 11 is 0. The second-order valence-electron chi connectivity index (χ2n) is 3.02. The smallest absolute Gasteiger partial charge is 0.310 e. The van der Waals surface area contributed by atoms with Crippen molar-refractivity contribution >= 4 is 5.69 Å². The number of hydrogen-bond acceptors (Lipinski definition) is 4. The predicted molar refractivity (Wildman–Crippen MR) is 57.0 cm³/mol. The summed E-state index contributed by atoms with van der Waals surface area (Å²) in [6.07, 6.45) is 0. The maximum atomic E-state index is 10.7. The lowest BCUT2D eigenvalue weighted by molar-refractivity contribution is -0.385. The molecule has 0 aromatic heterocycles. The van der Waals surface area contributed by atoms with Crippen molar-refractivity contribution in [1.82, 2.24) is 5.32 Å². The molecule has 0 radical (unpaired) electrons. The van der Waals surface area contributed by atoms with Crippen molar-refractivity contribution in [2.75, 3.05) is 13.7 Å². The van der Waals surface area contributed by atoms with E-state index >= 15 is 0 Å². The molecule has 0 heterocycles. The third-order valence-corrected chi connectivity index (χ3v) is 1.90. The van der Waals surface area contributed by atoms with E-state index in [9.17, 15) is 10.1 Å². The minimum absolute atomic E-state index is 0.0108. The summed E-state index contributed by atoms with van der Waals surface area (Å²) in [7, 11) is 1.82. The van der Waals surface area contributed by atoms with Crippen molar-refractivity contribution in [3.05, 3.63) is 33.9 Å². The molecule has 0 aliphatic rings. The molecule has 0 fully saturated rings. The number of nitrogens with zero attached hydrogens (tertiary/aromatic N) is 1. The van der Waals surface area contributed by atoms with Crippen LogP contribution in [-0.2, 0) is 6.54 Å². The Morgan fingerprint density at radius 1 is 1.53 bits per heavy atom. The minimum Gasteiger partial charge on any atom is -0.487 e. The summed E-state index contributed by atoms with van der Waals surface area (Å²) in [6.45, 7) is 2.89. The molecular formula is C10H14N2O3. The van der Waals surface area contributed by atoms with Gasteiger partial charge in [0.2, 0.25) is 0 Å². The third kappa shape index (κ3) is 2.92. The number of nitro benzene ring substituents is 1. The fourth-order valence-corrected chi connectivity index (χ4v) is 1.29. The van der Waals surface area contributed by atoms with Crippen LogP contribution in [0, 0.1) is 10.1 Å². The van der Waals surface area contributed by atoms with E-state index in [2.05, 4.69) is 5.32 Å². The van der Waals surface area contributed by atoms with Crippen LogP contribution in [0.4, 0.5) is 5.69 Å². The molecule has 5 heteroatoms. The third-order valence-electron chi connectivity index (χ3n) is 1.90. The first-order chi connectivity index (χ1) is 7.19. The minimum atomic E-state index is -0.436. The van der Waals surface area contributed by atoms with Crippen LogP contribution < -0.4 is 10.1 Å². The molecule has 0 atom stereocenters. The Morgan fingerprint density at radius 2 is 2.27 bits per heavy atom. The Hall–Kier alpha value is -1.62. The quantitative estimate of drug-likeness (QED) is 0.593. The average Bonchev–Trinajstić information content (AvgIpc) is 2.18. The van der Waals surface area contributed by atoms with E-state index in [-0.39, 0.29) is 5.69 Å². The zero-order valence-electron chi connectivity index (χ0n) is 8.82. The summed E-state index contributed by atoms with van der Waals surface area (Å²) in [4.78, 5) is 10.2. The van der Waals surface area contributed by atoms with Crippen molar-refractivity contribution in [1.29, 1.82) is 0 Å². The highest BCUT2D eigenvalue weighted by atomic mass is 16.6. The molecule has 0 bridgehead atoms. The Morgan fingerprint density at radius 3 is 2.80 bits per heavy atom. The lowest BCUT2D eigenvalue weighted by atomic mass is 10.2. The van der Waals surface area contributed by atoms with Crippen LogP contribution in [-0.4, -0.2) is 18.6 Å². The number of nitro groups is 1. The molecule has 1 rings (SSSR count). The van der Waals surface area contributed by atoms with E-state index in [1.54, 1.807) is 19.1 Å². The highest BCUT2D eigenvalue weighted by Crippen LogP contribution is 2.27. The van der Waals surface area contributed by atoms with Crippen molar-refractivity contribution in [2.45, 2.75) is 13.5 Å². The van der Waals surface area contributed by atoms with E-state index < -0.39 is 4.92 Å². The number of hydrogen-bond donors (Lipinski definition) is 1. The molecule has 5 nitrogen and oxygen atoms in total. The Balaban J connectivity index is 3.03. The Kier molecular flexibility index (Phi) is 4.05. The summed E-state index contributed by atoms with van der Waals surface area (Å²) in [5.74, 6) is 0.329. The van der Waals surface area contributed by atoms with Gasteiger partial charge in [0.15, 0.2) is 5.75 Å². The van der Waals surface area contributed by atoms with Gasteiger partial charge in [0.25, 0.3) is 0 Å². The second-order valence-corrected chi connectivity index (χ2v) is 3.02. The Bertz CT molecular complexity index is 353. The lowest BCUT2D eigenvalue weighted by Gasteiger charge is -2.06. The van der Waals surface area contributed by atoms with Crippen LogP contribution in [0.15, 0.2) is 18.2 Å². The molecule has 82 valence electrons. The van der Waals surface area contributed by atoms with Gasteiger partial charge in [0.1, 0.15) is 0 Å². The van der Waals surface area contributed by atoms with E-state index in [1.165, 1.54) is 6.07 Å². The van der Waals surface area contributed by atoms with Gasteiger partial charge in [0.05, 0.1) is 11.5 Å². The summed E-state index contributed by atoms with van der Waals surface area (Å²) in [6, 6.07) is 4.88. The summed E-state index contributed by atoms with van der Waals surface area (Å²) < 4.78 is 5.22. The lowest BCUT2D eigenvalue weighted by Crippen LogP contribution is -2.06. The van der Waals surface area contributed by atoms with Gasteiger partial charge in [-0.1, -0.05) is 6.07 Å². The first-order valence-corrected chi connectivity index (χ1v) is 4.73. The predicted octanol–water partition coefficient (Wildman–Crippen LogP) is 1.71. The molecule has 15 heavy (non-hydrogen) atoms. The topological polar surface area (TPSA) is 64.4 Å². The fourth-order valence-electron chi connectivity index (χ4n) is 1.29. The molecular weight excluding hydrogens is 196 g/mol. The van der Waals surface area contributed by atoms with Gasteiger partial charge in [-0.2, -0.15) is 0 Å². The number of ether oxygens (including phenoxy) is 1. The fraction of sp³-hybridized carbons (Fsp3) is 0.400. The molecule has 0 saturated carbocycles. The first-order valence-electron chi connectivity index (χ1n) is 4.73. The molecule has 1 N–H and O–H groups in total. The summed E-state index contributed by atoms with van der Waals surface area (Å²) in [5.41, 5.74) is 0.975. The molecule has 0 amide bonds. The highest BCUT2D eigenvalue weighted by Gasteiger charge is 2.14. The molecule has 0 aliphatic heterocycles. The standard InChI is InChI=1S/C10H14N2O3/c1-3-15-10-6-8(7-11-2)4-5-9(10)12(13)14/h4-6,11H,3,7H2,1-2H3. The van der Waals surface area contributed by atoms with Crippen LogP contribution in [0.2, 0.25) is 0 Å². The summed E-state index contributed by atoms with van der Waals surface area (Å²) in [5, 5.41) is 13.7. The molecule has 0 spiro atoms. The second kappa shape index (κ2) is 5.31. The van der Waals surface area contributed by atoms with Gasteiger partial charge in [0, 0.05) is 12.6 Å². The maximum Gasteiger partial charge on any atom is 0.310 e. The van der Waals surface area contributed by atoms with Gasteiger partial charge in [-0.25, -0.2) is 0 Å². The van der Waals surface area contributed by atoms with Gasteiger partial charge < -0.3 is 10.1 Å². The van der Waals surface area contributed by atoms with Gasteiger partial charge >= 0.3 is 5.69 Å². The van der Waals surface area contributed by atoms with Crippen molar-refractivity contribution in [3.63, 3.8) is 0 Å². The molecule has 0 saturated heterocycles. The molecule has 0 unspecified atom stereocenters. The van der Waals surface area contributed by atoms with Gasteiger partial charge in [-0.05, 0) is 25.6 Å². The zero-order valence-corrected chi connectivity index (χ0v) is 8.82. The largest absolute Gasteiger partial charge is 0.487 e. The monoisotopic (exact) mass is 210 g/mol. The van der Waals surface area contributed by atoms with Crippen LogP contribution in [0.1, 0.15) is 12.5 Å². The maximum absolute atomic E-state index is 10.7.